The van der Waals surface area contributed by atoms with Crippen molar-refractivity contribution < 1.29 is 5.11 Å². The first kappa shape index (κ1) is 15.7. The molecule has 108 valence electrons. The van der Waals surface area contributed by atoms with Gasteiger partial charge in [0, 0.05) is 25.7 Å². The second-order valence-corrected chi connectivity index (χ2v) is 4.37. The predicted octanol–water partition coefficient (Wildman–Crippen LogP) is 0.0599. The smallest absolute Gasteiger partial charge is 0.268 e. The number of aliphatic hydroxyl groups is 1. The molecule has 0 amide bonds. The van der Waals surface area contributed by atoms with Crippen molar-refractivity contribution >= 4 is 5.69 Å². The Morgan fingerprint density at radius 3 is 2.63 bits per heavy atom. The molecule has 2 N–H and O–H groups in total. The van der Waals surface area contributed by atoms with Crippen molar-refractivity contribution in [3.8, 4) is 0 Å². The van der Waals surface area contributed by atoms with Gasteiger partial charge in [-0.3, -0.25) is 4.79 Å². The van der Waals surface area contributed by atoms with Gasteiger partial charge in [-0.25, -0.2) is 4.68 Å². The summed E-state index contributed by atoms with van der Waals surface area (Å²) in [6.45, 7) is 9.18. The second-order valence-electron chi connectivity index (χ2n) is 4.37. The van der Waals surface area contributed by atoms with Gasteiger partial charge in [-0.15, -0.1) is 0 Å². The van der Waals surface area contributed by atoms with Crippen LogP contribution in [0.5, 0.6) is 0 Å². The number of nitrogens with zero attached hydrogens (tertiary/aromatic N) is 3. The fourth-order valence-corrected chi connectivity index (χ4v) is 1.90. The zero-order valence-electron chi connectivity index (χ0n) is 12.0. The van der Waals surface area contributed by atoms with Crippen molar-refractivity contribution in [2.24, 2.45) is 0 Å². The number of anilines is 1. The fourth-order valence-electron chi connectivity index (χ4n) is 1.90. The number of aromatic nitrogens is 2. The zero-order valence-corrected chi connectivity index (χ0v) is 12.0. The number of nitrogens with one attached hydrogen (secondary N) is 1. The highest BCUT2D eigenvalue weighted by Crippen LogP contribution is 2.08. The van der Waals surface area contributed by atoms with E-state index in [0.717, 1.165) is 25.3 Å². The molecule has 0 spiro atoms. The van der Waals surface area contributed by atoms with Crippen molar-refractivity contribution in [1.29, 1.82) is 0 Å². The Morgan fingerprint density at radius 1 is 1.42 bits per heavy atom. The first-order valence-corrected chi connectivity index (χ1v) is 6.83. The van der Waals surface area contributed by atoms with Crippen molar-refractivity contribution in [3.05, 3.63) is 22.6 Å². The molecule has 0 bridgehead atoms. The van der Waals surface area contributed by atoms with Crippen molar-refractivity contribution in [1.82, 2.24) is 15.1 Å². The lowest BCUT2D eigenvalue weighted by Crippen LogP contribution is -2.35. The van der Waals surface area contributed by atoms with Crippen molar-refractivity contribution in [3.63, 3.8) is 0 Å². The SMILES string of the molecule is CCNCC(O)Cn1ncc(N(CC)CC)cc1=O. The van der Waals surface area contributed by atoms with E-state index >= 15 is 0 Å². The lowest BCUT2D eigenvalue weighted by Gasteiger charge is -2.20. The molecule has 0 saturated heterocycles. The highest BCUT2D eigenvalue weighted by Gasteiger charge is 2.09. The van der Waals surface area contributed by atoms with Crippen LogP contribution in [0.25, 0.3) is 0 Å². The van der Waals surface area contributed by atoms with Crippen LogP contribution in [0.1, 0.15) is 20.8 Å². The maximum atomic E-state index is 11.9. The average Bonchev–Trinajstić information content (AvgIpc) is 2.41. The maximum absolute atomic E-state index is 11.9. The highest BCUT2D eigenvalue weighted by atomic mass is 16.3. The van der Waals surface area contributed by atoms with Gasteiger partial charge >= 0.3 is 0 Å². The highest BCUT2D eigenvalue weighted by molar-refractivity contribution is 5.42. The van der Waals surface area contributed by atoms with Gasteiger partial charge < -0.3 is 15.3 Å². The molecule has 19 heavy (non-hydrogen) atoms. The first-order chi connectivity index (χ1) is 9.12. The van der Waals surface area contributed by atoms with Gasteiger partial charge in [-0.1, -0.05) is 6.92 Å². The van der Waals surface area contributed by atoms with Crippen LogP contribution in [0.3, 0.4) is 0 Å². The number of aliphatic hydroxyl groups excluding tert-OH is 1. The minimum Gasteiger partial charge on any atom is -0.390 e. The van der Waals surface area contributed by atoms with Crippen LogP contribution in [0.15, 0.2) is 17.1 Å². The maximum Gasteiger partial charge on any atom is 0.268 e. The summed E-state index contributed by atoms with van der Waals surface area (Å²) in [7, 11) is 0. The van der Waals surface area contributed by atoms with E-state index in [9.17, 15) is 9.90 Å². The summed E-state index contributed by atoms with van der Waals surface area (Å²) in [4.78, 5) is 14.0. The van der Waals surface area contributed by atoms with Crippen LogP contribution in [0, 0.1) is 0 Å². The summed E-state index contributed by atoms with van der Waals surface area (Å²) in [5.41, 5.74) is 0.646. The Bertz CT molecular complexity index is 429. The van der Waals surface area contributed by atoms with Crippen molar-refractivity contribution in [2.45, 2.75) is 33.4 Å². The van der Waals surface area contributed by atoms with E-state index in [1.54, 1.807) is 12.3 Å². The quantitative estimate of drug-likeness (QED) is 0.698. The monoisotopic (exact) mass is 268 g/mol. The molecule has 6 heteroatoms. The molecule has 1 aromatic rings. The van der Waals surface area contributed by atoms with Crippen LogP contribution in [0.4, 0.5) is 5.69 Å². The third-order valence-corrected chi connectivity index (χ3v) is 3.00. The van der Waals surface area contributed by atoms with E-state index in [-0.39, 0.29) is 12.1 Å². The molecule has 0 aliphatic heterocycles. The minimum absolute atomic E-state index is 0.181. The van der Waals surface area contributed by atoms with Gasteiger partial charge in [-0.2, -0.15) is 5.10 Å². The molecule has 1 heterocycles. The topological polar surface area (TPSA) is 70.4 Å². The Labute approximate surface area is 114 Å². The normalized spacial score (nSPS) is 12.4. The van der Waals surface area contributed by atoms with E-state index in [1.807, 2.05) is 20.8 Å². The molecule has 0 saturated carbocycles. The molecule has 0 fully saturated rings. The van der Waals surface area contributed by atoms with E-state index in [2.05, 4.69) is 15.3 Å². The average molecular weight is 268 g/mol. The Morgan fingerprint density at radius 2 is 2.11 bits per heavy atom. The Kier molecular flexibility index (Phi) is 6.52. The molecule has 0 aromatic carbocycles. The standard InChI is InChI=1S/C13H24N4O2/c1-4-14-9-12(18)10-17-13(19)7-11(8-15-17)16(5-2)6-3/h7-8,12,14,18H,4-6,9-10H2,1-3H3. The van der Waals surface area contributed by atoms with Crippen LogP contribution >= 0.6 is 0 Å². The van der Waals surface area contributed by atoms with Gasteiger partial charge in [0.2, 0.25) is 0 Å². The van der Waals surface area contributed by atoms with Gasteiger partial charge in [-0.05, 0) is 20.4 Å². The lowest BCUT2D eigenvalue weighted by atomic mass is 10.3. The third-order valence-electron chi connectivity index (χ3n) is 3.00. The van der Waals surface area contributed by atoms with E-state index in [4.69, 9.17) is 0 Å². The molecular formula is C13H24N4O2. The number of hydrogen-bond acceptors (Lipinski definition) is 5. The Balaban J connectivity index is 2.74. The summed E-state index contributed by atoms with van der Waals surface area (Å²) < 4.78 is 1.30. The molecule has 1 aromatic heterocycles. The fraction of sp³-hybridized carbons (Fsp3) is 0.692. The van der Waals surface area contributed by atoms with Crippen LogP contribution in [-0.4, -0.2) is 47.2 Å². The molecule has 0 aliphatic carbocycles. The summed E-state index contributed by atoms with van der Waals surface area (Å²) in [6.07, 6.45) is 1.07. The molecule has 0 radical (unpaired) electrons. The van der Waals surface area contributed by atoms with Crippen LogP contribution in [-0.2, 0) is 6.54 Å². The van der Waals surface area contributed by atoms with E-state index < -0.39 is 6.10 Å². The number of likely N-dealkylation sites (N-methyl/N-ethyl adjacent to an activating group) is 1. The van der Waals surface area contributed by atoms with Gasteiger partial charge in [0.25, 0.3) is 5.56 Å². The molecule has 6 nitrogen and oxygen atoms in total. The first-order valence-electron chi connectivity index (χ1n) is 6.83. The summed E-state index contributed by atoms with van der Waals surface area (Å²) in [6, 6.07) is 1.57. The van der Waals surface area contributed by atoms with E-state index in [1.165, 1.54) is 4.68 Å². The van der Waals surface area contributed by atoms with Crippen LogP contribution < -0.4 is 15.8 Å². The molecule has 0 aliphatic rings. The minimum atomic E-state index is -0.607. The summed E-state index contributed by atoms with van der Waals surface area (Å²) in [5.74, 6) is 0. The van der Waals surface area contributed by atoms with Crippen molar-refractivity contribution in [2.75, 3.05) is 31.1 Å². The van der Waals surface area contributed by atoms with Gasteiger partial charge in [0.1, 0.15) is 0 Å². The summed E-state index contributed by atoms with van der Waals surface area (Å²) in [5, 5.41) is 16.9. The second kappa shape index (κ2) is 7.91. The largest absolute Gasteiger partial charge is 0.390 e. The molecule has 1 rings (SSSR count). The molecule has 1 unspecified atom stereocenters. The third kappa shape index (κ3) is 4.65. The number of rotatable bonds is 8. The van der Waals surface area contributed by atoms with Gasteiger partial charge in [0.05, 0.1) is 24.5 Å². The lowest BCUT2D eigenvalue weighted by molar-refractivity contribution is 0.145. The van der Waals surface area contributed by atoms with Gasteiger partial charge in [0.15, 0.2) is 0 Å². The molecule has 1 atom stereocenters. The molecular weight excluding hydrogens is 244 g/mol. The van der Waals surface area contributed by atoms with E-state index in [0.29, 0.717) is 6.54 Å². The Hall–Kier alpha value is -1.40. The predicted molar refractivity (Wildman–Crippen MR) is 76.6 cm³/mol. The van der Waals surface area contributed by atoms with Crippen LogP contribution in [0.2, 0.25) is 0 Å². The zero-order chi connectivity index (χ0) is 14.3. The number of hydrogen-bond donors (Lipinski definition) is 2. The summed E-state index contributed by atoms with van der Waals surface area (Å²) >= 11 is 0.